The standard InChI is InChI=1S/C23H45NO3/c1-3-5-7-8-9-10-11-12-13-14-15-16-18-20-22(25)24-21(23(26)27)19-17-6-4-2/h21H,3-20H2,1-2H3,(H,24,25)(H,26,27)/t21-/m0/s1. The van der Waals surface area contributed by atoms with Crippen LogP contribution in [0.1, 0.15) is 129 Å². The van der Waals surface area contributed by atoms with E-state index < -0.39 is 12.0 Å². The lowest BCUT2D eigenvalue weighted by atomic mass is 10.0. The average Bonchev–Trinajstić information content (AvgIpc) is 2.64. The highest BCUT2D eigenvalue weighted by molar-refractivity contribution is 5.83. The summed E-state index contributed by atoms with van der Waals surface area (Å²) < 4.78 is 0. The van der Waals surface area contributed by atoms with Crippen molar-refractivity contribution in [2.75, 3.05) is 0 Å². The molecule has 0 fully saturated rings. The smallest absolute Gasteiger partial charge is 0.326 e. The van der Waals surface area contributed by atoms with E-state index in [2.05, 4.69) is 19.2 Å². The van der Waals surface area contributed by atoms with Gasteiger partial charge in [-0.05, 0) is 12.8 Å². The van der Waals surface area contributed by atoms with Gasteiger partial charge in [0.15, 0.2) is 0 Å². The van der Waals surface area contributed by atoms with Crippen LogP contribution in [-0.4, -0.2) is 23.0 Å². The number of carboxylic acid groups (broad SMARTS) is 1. The van der Waals surface area contributed by atoms with E-state index in [4.69, 9.17) is 0 Å². The van der Waals surface area contributed by atoms with E-state index in [0.29, 0.717) is 12.8 Å². The summed E-state index contributed by atoms with van der Waals surface area (Å²) >= 11 is 0. The number of carbonyl (C=O) groups excluding carboxylic acids is 1. The maximum atomic E-state index is 11.9. The number of rotatable bonds is 20. The number of hydrogen-bond acceptors (Lipinski definition) is 2. The zero-order valence-corrected chi connectivity index (χ0v) is 18.1. The third-order valence-electron chi connectivity index (χ3n) is 5.24. The van der Waals surface area contributed by atoms with Crippen molar-refractivity contribution in [3.05, 3.63) is 0 Å². The number of unbranched alkanes of at least 4 members (excludes halogenated alkanes) is 14. The maximum Gasteiger partial charge on any atom is 0.326 e. The molecule has 1 amide bonds. The van der Waals surface area contributed by atoms with Crippen molar-refractivity contribution in [1.82, 2.24) is 5.32 Å². The first kappa shape index (κ1) is 25.9. The number of aliphatic carboxylic acids is 1. The van der Waals surface area contributed by atoms with Gasteiger partial charge in [-0.25, -0.2) is 4.79 Å². The van der Waals surface area contributed by atoms with E-state index in [1.807, 2.05) is 0 Å². The van der Waals surface area contributed by atoms with Crippen LogP contribution in [0.5, 0.6) is 0 Å². The molecule has 1 atom stereocenters. The van der Waals surface area contributed by atoms with Gasteiger partial charge in [-0.1, -0.05) is 110 Å². The van der Waals surface area contributed by atoms with Crippen molar-refractivity contribution in [1.29, 1.82) is 0 Å². The van der Waals surface area contributed by atoms with E-state index in [9.17, 15) is 14.7 Å². The molecule has 0 spiro atoms. The maximum absolute atomic E-state index is 11.9. The quantitative estimate of drug-likeness (QED) is 0.232. The fourth-order valence-electron chi connectivity index (χ4n) is 3.43. The first-order valence-corrected chi connectivity index (χ1v) is 11.6. The topological polar surface area (TPSA) is 66.4 Å². The normalized spacial score (nSPS) is 12.1. The molecule has 0 aliphatic heterocycles. The predicted molar refractivity (Wildman–Crippen MR) is 114 cm³/mol. The summed E-state index contributed by atoms with van der Waals surface area (Å²) in [5.74, 6) is -1.02. The fourth-order valence-corrected chi connectivity index (χ4v) is 3.43. The second-order valence-corrected chi connectivity index (χ2v) is 7.95. The number of amides is 1. The van der Waals surface area contributed by atoms with Crippen LogP contribution in [0.25, 0.3) is 0 Å². The Bertz CT molecular complexity index is 358. The van der Waals surface area contributed by atoms with Gasteiger partial charge in [-0.2, -0.15) is 0 Å². The monoisotopic (exact) mass is 383 g/mol. The Morgan fingerprint density at radius 1 is 0.667 bits per heavy atom. The molecule has 0 aromatic rings. The summed E-state index contributed by atoms with van der Waals surface area (Å²) in [4.78, 5) is 23.1. The summed E-state index contributed by atoms with van der Waals surface area (Å²) in [6, 6.07) is -0.717. The van der Waals surface area contributed by atoms with Crippen LogP contribution >= 0.6 is 0 Å². The summed E-state index contributed by atoms with van der Waals surface area (Å²) in [5, 5.41) is 11.9. The van der Waals surface area contributed by atoms with Crippen LogP contribution in [-0.2, 0) is 9.59 Å². The van der Waals surface area contributed by atoms with Crippen molar-refractivity contribution in [3.63, 3.8) is 0 Å². The second-order valence-electron chi connectivity index (χ2n) is 7.95. The number of nitrogens with one attached hydrogen (secondary N) is 1. The molecule has 0 aliphatic rings. The Kier molecular flexibility index (Phi) is 18.9. The molecule has 0 saturated carbocycles. The van der Waals surface area contributed by atoms with Crippen molar-refractivity contribution >= 4 is 11.9 Å². The van der Waals surface area contributed by atoms with Crippen LogP contribution in [0, 0.1) is 0 Å². The first-order valence-electron chi connectivity index (χ1n) is 11.6. The molecule has 0 aliphatic carbocycles. The minimum Gasteiger partial charge on any atom is -0.480 e. The molecule has 0 rings (SSSR count). The summed E-state index contributed by atoms with van der Waals surface area (Å²) in [6.07, 6.45) is 20.6. The van der Waals surface area contributed by atoms with Crippen molar-refractivity contribution in [3.8, 4) is 0 Å². The van der Waals surface area contributed by atoms with Crippen LogP contribution in [0.3, 0.4) is 0 Å². The molecular weight excluding hydrogens is 338 g/mol. The number of carbonyl (C=O) groups is 2. The highest BCUT2D eigenvalue weighted by atomic mass is 16.4. The van der Waals surface area contributed by atoms with Gasteiger partial charge in [-0.3, -0.25) is 4.79 Å². The minimum atomic E-state index is -0.912. The van der Waals surface area contributed by atoms with Crippen LogP contribution in [0.4, 0.5) is 0 Å². The number of hydrogen-bond donors (Lipinski definition) is 2. The Labute approximate surface area is 167 Å². The van der Waals surface area contributed by atoms with Crippen molar-refractivity contribution < 1.29 is 14.7 Å². The second kappa shape index (κ2) is 19.7. The van der Waals surface area contributed by atoms with Gasteiger partial charge in [0.05, 0.1) is 0 Å². The summed E-state index contributed by atoms with van der Waals surface area (Å²) in [6.45, 7) is 4.34. The Morgan fingerprint density at radius 3 is 1.52 bits per heavy atom. The largest absolute Gasteiger partial charge is 0.480 e. The van der Waals surface area contributed by atoms with Gasteiger partial charge < -0.3 is 10.4 Å². The van der Waals surface area contributed by atoms with E-state index >= 15 is 0 Å². The van der Waals surface area contributed by atoms with Crippen molar-refractivity contribution in [2.45, 2.75) is 135 Å². The molecule has 0 aromatic carbocycles. The van der Waals surface area contributed by atoms with Gasteiger partial charge in [0.1, 0.15) is 6.04 Å². The van der Waals surface area contributed by atoms with Crippen LogP contribution in [0.2, 0.25) is 0 Å². The molecule has 0 unspecified atom stereocenters. The van der Waals surface area contributed by atoms with E-state index in [-0.39, 0.29) is 5.91 Å². The molecule has 0 heterocycles. The molecule has 4 nitrogen and oxygen atoms in total. The molecule has 0 aromatic heterocycles. The van der Waals surface area contributed by atoms with Gasteiger partial charge in [-0.15, -0.1) is 0 Å². The molecular formula is C23H45NO3. The average molecular weight is 384 g/mol. The van der Waals surface area contributed by atoms with Gasteiger partial charge >= 0.3 is 5.97 Å². The van der Waals surface area contributed by atoms with Gasteiger partial charge in [0, 0.05) is 6.42 Å². The lowest BCUT2D eigenvalue weighted by Crippen LogP contribution is -2.40. The Balaban J connectivity index is 3.47. The molecule has 160 valence electrons. The first-order chi connectivity index (χ1) is 13.1. The zero-order valence-electron chi connectivity index (χ0n) is 18.1. The van der Waals surface area contributed by atoms with E-state index in [0.717, 1.165) is 32.1 Å². The molecule has 2 N–H and O–H groups in total. The Hall–Kier alpha value is -1.06. The van der Waals surface area contributed by atoms with Crippen LogP contribution < -0.4 is 5.32 Å². The molecule has 0 saturated heterocycles. The summed E-state index contributed by atoms with van der Waals surface area (Å²) in [7, 11) is 0. The minimum absolute atomic E-state index is 0.109. The third kappa shape index (κ3) is 18.1. The van der Waals surface area contributed by atoms with E-state index in [1.165, 1.54) is 70.6 Å². The molecule has 27 heavy (non-hydrogen) atoms. The highest BCUT2D eigenvalue weighted by Crippen LogP contribution is 2.13. The molecule has 0 bridgehead atoms. The highest BCUT2D eigenvalue weighted by Gasteiger charge is 2.18. The lowest BCUT2D eigenvalue weighted by molar-refractivity contribution is -0.142. The van der Waals surface area contributed by atoms with Crippen LogP contribution in [0.15, 0.2) is 0 Å². The predicted octanol–water partition coefficient (Wildman–Crippen LogP) is 6.62. The summed E-state index contributed by atoms with van der Waals surface area (Å²) in [5.41, 5.74) is 0. The molecule has 4 heteroatoms. The SMILES string of the molecule is CCCCCCCCCCCCCCCC(=O)N[C@@H](CCCCC)C(=O)O. The molecule has 0 radical (unpaired) electrons. The van der Waals surface area contributed by atoms with Gasteiger partial charge in [0.2, 0.25) is 5.91 Å². The third-order valence-corrected chi connectivity index (χ3v) is 5.24. The zero-order chi connectivity index (χ0) is 20.2. The lowest BCUT2D eigenvalue weighted by Gasteiger charge is -2.14. The number of carboxylic acids is 1. The Morgan fingerprint density at radius 2 is 1.07 bits per heavy atom. The fraction of sp³-hybridized carbons (Fsp3) is 0.913. The van der Waals surface area contributed by atoms with Gasteiger partial charge in [0.25, 0.3) is 0 Å². The van der Waals surface area contributed by atoms with Crippen molar-refractivity contribution in [2.24, 2.45) is 0 Å². The van der Waals surface area contributed by atoms with E-state index in [1.54, 1.807) is 0 Å².